The Hall–Kier alpha value is -5.25. The summed E-state index contributed by atoms with van der Waals surface area (Å²) in [5, 5.41) is 24.1. The van der Waals surface area contributed by atoms with Gasteiger partial charge in [-0.1, -0.05) is 32.0 Å². The Morgan fingerprint density at radius 3 is 2.45 bits per heavy atom. The average Bonchev–Trinajstić information content (AvgIpc) is 4.09. The third-order valence-corrected chi connectivity index (χ3v) is 15.2. The molecule has 354 valence electrons. The van der Waals surface area contributed by atoms with Crippen molar-refractivity contribution in [1.82, 2.24) is 39.0 Å². The van der Waals surface area contributed by atoms with Crippen molar-refractivity contribution in [3.05, 3.63) is 65.2 Å². The molecule has 0 aliphatic carbocycles. The monoisotopic (exact) mass is 984 g/mol. The Bertz CT molecular complexity index is 2820. The van der Waals surface area contributed by atoms with Crippen molar-refractivity contribution in [2.24, 2.45) is 5.92 Å². The summed E-state index contributed by atoms with van der Waals surface area (Å²) in [5.41, 5.74) is -0.153. The van der Waals surface area contributed by atoms with Gasteiger partial charge in [0.05, 0.1) is 0 Å². The molecule has 3 aliphatic heterocycles. The molecule has 3 N–H and O–H groups in total. The van der Waals surface area contributed by atoms with Gasteiger partial charge in [-0.2, -0.15) is 0 Å². The molecule has 0 spiro atoms. The van der Waals surface area contributed by atoms with Crippen LogP contribution >= 0.6 is 14.5 Å². The van der Waals surface area contributed by atoms with Gasteiger partial charge < -0.3 is 0 Å². The van der Waals surface area contributed by atoms with Crippen LogP contribution in [-0.2, 0) is 58.0 Å². The maximum atomic E-state index is 17.3. The van der Waals surface area contributed by atoms with Gasteiger partial charge in [-0.05, 0) is 0 Å². The molecule has 3 fully saturated rings. The van der Waals surface area contributed by atoms with E-state index in [2.05, 4.69) is 40.5 Å². The number of nitriles is 2. The van der Waals surface area contributed by atoms with Crippen LogP contribution in [0.25, 0.3) is 22.3 Å². The summed E-state index contributed by atoms with van der Waals surface area (Å²) in [6.45, 7) is -1.91. The number of imidazole rings is 2. The Morgan fingerprint density at radius 1 is 1.00 bits per heavy atom. The number of nitrogens with zero attached hydrogens (tertiary/aromatic N) is 9. The van der Waals surface area contributed by atoms with E-state index in [-0.39, 0.29) is 66.8 Å². The van der Waals surface area contributed by atoms with Crippen LogP contribution in [0.1, 0.15) is 49.5 Å². The predicted molar refractivity (Wildman–Crippen MR) is 240 cm³/mol. The molecule has 67 heavy (non-hydrogen) atoms. The van der Waals surface area contributed by atoms with E-state index in [0.29, 0.717) is 5.56 Å². The third-order valence-electron chi connectivity index (χ3n) is 10.7. The van der Waals surface area contributed by atoms with Gasteiger partial charge in [0, 0.05) is 0 Å². The van der Waals surface area contributed by atoms with Gasteiger partial charge >= 0.3 is 356 Å². The molecule has 1 aromatic carbocycles. The average molecular weight is 985 g/mol. The maximum absolute atomic E-state index is 17.3. The number of ether oxygens (including phenoxy) is 3. The second-order valence-electron chi connectivity index (χ2n) is 15.6. The number of fused-ring (bicyclic) bond motifs is 5. The molecule has 3 saturated heterocycles. The molecule has 29 heteroatoms. The molecule has 2 amide bonds. The van der Waals surface area contributed by atoms with Crippen LogP contribution in [0, 0.1) is 28.6 Å². The number of nitrogens with one attached hydrogen (secondary N) is 3. The molecule has 2 bridgehead atoms. The summed E-state index contributed by atoms with van der Waals surface area (Å²) >= 11 is 5.99. The summed E-state index contributed by atoms with van der Waals surface area (Å²) in [6.07, 6.45) is -7.18. The normalized spacial score (nSPS) is 27.8. The summed E-state index contributed by atoms with van der Waals surface area (Å²) in [7, 11) is -1.13. The molecule has 4 aromatic heterocycles. The van der Waals surface area contributed by atoms with Crippen LogP contribution in [0.3, 0.4) is 0 Å². The van der Waals surface area contributed by atoms with Gasteiger partial charge in [-0.3, -0.25) is 0 Å². The summed E-state index contributed by atoms with van der Waals surface area (Å²) < 4.78 is 76.9. The van der Waals surface area contributed by atoms with Gasteiger partial charge in [0.1, 0.15) is 0 Å². The first-order valence-corrected chi connectivity index (χ1v) is 25.6. The summed E-state index contributed by atoms with van der Waals surface area (Å²) in [6, 6.07) is 12.4. The molecule has 24 nitrogen and oxygen atoms in total. The molecular formula is C38H44BFN12O12P2S. The van der Waals surface area contributed by atoms with Gasteiger partial charge in [0.15, 0.2) is 0 Å². The number of carbonyl (C=O) groups is 2. The fourth-order valence-corrected chi connectivity index (χ4v) is 11.5. The van der Waals surface area contributed by atoms with Gasteiger partial charge in [0.25, 0.3) is 0 Å². The second-order valence-corrected chi connectivity index (χ2v) is 21.1. The van der Waals surface area contributed by atoms with Crippen molar-refractivity contribution in [3.63, 3.8) is 0 Å². The fraction of sp³-hybridized carbons (Fsp3) is 0.474. The number of hydrogen-bond donors (Lipinski definition) is 3. The Balaban J connectivity index is 1.15. The van der Waals surface area contributed by atoms with Crippen molar-refractivity contribution in [1.29, 1.82) is 10.5 Å². The van der Waals surface area contributed by atoms with Gasteiger partial charge in [-0.25, -0.2) is 0 Å². The van der Waals surface area contributed by atoms with Crippen LogP contribution in [0.5, 0.6) is 0 Å². The van der Waals surface area contributed by atoms with Crippen LogP contribution in [0.4, 0.5) is 16.2 Å². The summed E-state index contributed by atoms with van der Waals surface area (Å²) in [5.74, 6) is -1.39. The van der Waals surface area contributed by atoms with E-state index in [4.69, 9.17) is 53.2 Å². The zero-order valence-corrected chi connectivity index (χ0v) is 38.9. The van der Waals surface area contributed by atoms with E-state index in [1.165, 1.54) is 42.8 Å². The fourth-order valence-electron chi connectivity index (χ4n) is 7.48. The molecule has 9 atom stereocenters. The van der Waals surface area contributed by atoms with E-state index in [1.807, 2.05) is 12.1 Å². The Labute approximate surface area is 386 Å². The van der Waals surface area contributed by atoms with Crippen LogP contribution in [-0.4, -0.2) is 129 Å². The van der Waals surface area contributed by atoms with Crippen molar-refractivity contribution >= 4 is 79.8 Å². The SMILES string of the molecule is B[PH]1(OCCC#N)OCC2OC(n3cnc4c(=O)[nH]c(NC(=O)C(C)C)nc43)C(OP(=S)(OCCC#N)OCC3OC(n4cnc5c(NC(=O)c6ccccc6)ncnc54)C(F)C3O1)C2OC. The topological polar surface area (TPSA) is 296 Å². The quantitative estimate of drug-likeness (QED) is 0.0868. The standard InChI is InChI=1S/C38H44BFN12O12P2S/c1-20(2)33(53)49-38-48-32-26(35(55)50-38)46-19-52(32)37-29-28(56-3)23(62-37)15-59-65(39,57-13-7-11-41)63-27-22(16-60-66(67,64-29)58-14-8-12-42)61-36(24(27)40)51-18-45-25-30(43-17-44-31(25)51)47-34(54)21-9-5-4-6-10-21/h4-6,9-10,17-20,22-24,27-29,36-37,65H,7-8,13-16,39H2,1-3H3,(H,43,44,47,54)(H2,48,49,50,53,55). The Morgan fingerprint density at radius 2 is 1.72 bits per heavy atom. The molecule has 5 aromatic rings. The number of aromatic nitrogens is 8. The van der Waals surface area contributed by atoms with E-state index >= 15 is 4.39 Å². The predicted octanol–water partition coefficient (Wildman–Crippen LogP) is 2.90. The first-order valence-electron chi connectivity index (χ1n) is 20.8. The number of amides is 2. The minimum atomic E-state index is -4.04. The molecule has 8 rings (SSSR count). The number of halogens is 1. The molecule has 3 aliphatic rings. The van der Waals surface area contributed by atoms with Gasteiger partial charge in [0.2, 0.25) is 0 Å². The number of aromatic amines is 1. The molecule has 0 radical (unpaired) electrons. The van der Waals surface area contributed by atoms with Crippen molar-refractivity contribution < 1.29 is 55.3 Å². The number of hydrogen-bond acceptors (Lipinski definition) is 20. The van der Waals surface area contributed by atoms with Gasteiger partial charge in [-0.15, -0.1) is 0 Å². The van der Waals surface area contributed by atoms with E-state index in [0.717, 1.165) is 0 Å². The van der Waals surface area contributed by atoms with Crippen molar-refractivity contribution in [2.45, 2.75) is 75.8 Å². The number of benzene rings is 1. The molecule has 7 heterocycles. The van der Waals surface area contributed by atoms with Crippen LogP contribution < -0.4 is 16.2 Å². The number of methoxy groups -OCH3 is 1. The van der Waals surface area contributed by atoms with E-state index in [1.54, 1.807) is 44.2 Å². The van der Waals surface area contributed by atoms with Crippen molar-refractivity contribution in [3.8, 4) is 12.1 Å². The molecule has 9 unspecified atom stereocenters. The van der Waals surface area contributed by atoms with E-state index in [9.17, 15) is 24.9 Å². The second kappa shape index (κ2) is 20.5. The van der Waals surface area contributed by atoms with Crippen LogP contribution in [0.15, 0.2) is 54.1 Å². The van der Waals surface area contributed by atoms with Crippen LogP contribution in [0.2, 0.25) is 0 Å². The first kappa shape index (κ1) is 48.2. The Kier molecular flexibility index (Phi) is 14.8. The number of H-pyrrole nitrogens is 1. The number of alkyl halides is 1. The molecule has 0 saturated carbocycles. The minimum absolute atomic E-state index is 0.00818. The summed E-state index contributed by atoms with van der Waals surface area (Å²) in [4.78, 5) is 63.1. The molecular weight excluding hydrogens is 940 g/mol. The van der Waals surface area contributed by atoms with Crippen molar-refractivity contribution in [2.75, 3.05) is 44.2 Å². The zero-order valence-electron chi connectivity index (χ0n) is 36.2. The third kappa shape index (κ3) is 10.3. The zero-order chi connectivity index (χ0) is 47.5. The number of anilines is 2. The first-order chi connectivity index (χ1) is 32.2. The van der Waals surface area contributed by atoms with E-state index < -0.39 is 93.6 Å². The number of rotatable bonds is 13. The number of carbonyl (C=O) groups excluding carboxylic acids is 2.